The highest BCUT2D eigenvalue weighted by Crippen LogP contribution is 2.28. The van der Waals surface area contributed by atoms with Crippen LogP contribution in [0.2, 0.25) is 0 Å². The zero-order valence-corrected chi connectivity index (χ0v) is 11.5. The van der Waals surface area contributed by atoms with Crippen molar-refractivity contribution in [1.29, 1.82) is 0 Å². The van der Waals surface area contributed by atoms with E-state index in [1.54, 1.807) is 11.1 Å². The van der Waals surface area contributed by atoms with E-state index in [-0.39, 0.29) is 18.4 Å². The van der Waals surface area contributed by atoms with Gasteiger partial charge in [0.2, 0.25) is 5.91 Å². The molecular weight excluding hydrogens is 299 g/mol. The largest absolute Gasteiger partial charge is 0.435 e. The summed E-state index contributed by atoms with van der Waals surface area (Å²) in [6.07, 6.45) is -0.861. The fraction of sp³-hybridized carbons (Fsp3) is 0.462. The number of halogens is 3. The number of carbonyl (C=O) groups excluding carboxylic acids is 1. The predicted molar refractivity (Wildman–Crippen MR) is 69.8 cm³/mol. The van der Waals surface area contributed by atoms with Crippen molar-refractivity contribution in [3.05, 3.63) is 35.9 Å². The summed E-state index contributed by atoms with van der Waals surface area (Å²) in [7, 11) is 0. The highest BCUT2D eigenvalue weighted by Gasteiger charge is 2.34. The van der Waals surface area contributed by atoms with Crippen LogP contribution in [0, 0.1) is 0 Å². The first kappa shape index (κ1) is 14.6. The van der Waals surface area contributed by atoms with Gasteiger partial charge in [0.05, 0.1) is 0 Å². The van der Waals surface area contributed by atoms with Crippen LogP contribution in [0.25, 0.3) is 0 Å². The van der Waals surface area contributed by atoms with Gasteiger partial charge in [-0.1, -0.05) is 0 Å². The van der Waals surface area contributed by atoms with Crippen LogP contribution in [0.4, 0.5) is 13.2 Å². The Morgan fingerprint density at radius 2 is 2.23 bits per heavy atom. The Bertz CT molecular complexity index is 649. The molecule has 6 nitrogen and oxygen atoms in total. The zero-order chi connectivity index (χ0) is 15.7. The molecule has 3 heterocycles. The number of alkyl halides is 3. The summed E-state index contributed by atoms with van der Waals surface area (Å²) < 4.78 is 38.4. The number of nitrogens with zero attached hydrogens (tertiary/aromatic N) is 4. The van der Waals surface area contributed by atoms with Gasteiger partial charge in [-0.2, -0.15) is 23.4 Å². The van der Waals surface area contributed by atoms with Gasteiger partial charge in [-0.05, 0) is 18.6 Å². The Kier molecular flexibility index (Phi) is 3.63. The molecule has 9 heteroatoms. The average molecular weight is 313 g/mol. The first-order valence-electron chi connectivity index (χ1n) is 6.81. The van der Waals surface area contributed by atoms with E-state index in [0.717, 1.165) is 22.9 Å². The van der Waals surface area contributed by atoms with E-state index in [0.29, 0.717) is 13.1 Å². The Morgan fingerprint density at radius 3 is 2.86 bits per heavy atom. The number of likely N-dealkylation sites (tertiary alicyclic amines) is 1. The molecule has 0 saturated carbocycles. The molecule has 0 spiro atoms. The maximum Gasteiger partial charge on any atom is 0.435 e. The lowest BCUT2D eigenvalue weighted by Crippen LogP contribution is -2.32. The van der Waals surface area contributed by atoms with Gasteiger partial charge in [-0.25, -0.2) is 0 Å². The third kappa shape index (κ3) is 2.97. The molecule has 0 bridgehead atoms. The standard InChI is InChI=1S/C13H14F3N5O/c14-13(15,16)11-3-6-21(19-11)8-12(22)20-5-2-9(7-20)10-1-4-17-18-10/h1,3-4,6,9H,2,5,7-8H2,(H,17,18). The molecule has 0 aromatic carbocycles. The van der Waals surface area contributed by atoms with E-state index in [9.17, 15) is 18.0 Å². The van der Waals surface area contributed by atoms with Gasteiger partial charge >= 0.3 is 6.18 Å². The summed E-state index contributed by atoms with van der Waals surface area (Å²) in [4.78, 5) is 13.8. The van der Waals surface area contributed by atoms with E-state index in [1.807, 2.05) is 6.07 Å². The van der Waals surface area contributed by atoms with Gasteiger partial charge in [0, 0.05) is 37.1 Å². The second kappa shape index (κ2) is 5.47. The Morgan fingerprint density at radius 1 is 1.41 bits per heavy atom. The van der Waals surface area contributed by atoms with Crippen molar-refractivity contribution in [3.8, 4) is 0 Å². The van der Waals surface area contributed by atoms with Gasteiger partial charge in [0.25, 0.3) is 0 Å². The molecule has 0 radical (unpaired) electrons. The number of H-pyrrole nitrogens is 1. The first-order chi connectivity index (χ1) is 10.4. The Hall–Kier alpha value is -2.32. The van der Waals surface area contributed by atoms with E-state index < -0.39 is 11.9 Å². The monoisotopic (exact) mass is 313 g/mol. The highest BCUT2D eigenvalue weighted by atomic mass is 19.4. The molecule has 2 aromatic rings. The number of hydrogen-bond acceptors (Lipinski definition) is 3. The summed E-state index contributed by atoms with van der Waals surface area (Å²) in [5.74, 6) is -0.0475. The number of nitrogens with one attached hydrogen (secondary N) is 1. The van der Waals surface area contributed by atoms with E-state index in [1.165, 1.54) is 6.20 Å². The third-order valence-electron chi connectivity index (χ3n) is 3.73. The Labute approximate surface area is 123 Å². The topological polar surface area (TPSA) is 66.8 Å². The molecule has 1 atom stereocenters. The summed E-state index contributed by atoms with van der Waals surface area (Å²) in [6, 6.07) is 2.73. The minimum absolute atomic E-state index is 0.189. The lowest BCUT2D eigenvalue weighted by atomic mass is 10.1. The fourth-order valence-corrected chi connectivity index (χ4v) is 2.57. The molecule has 22 heavy (non-hydrogen) atoms. The van der Waals surface area contributed by atoms with Gasteiger partial charge < -0.3 is 4.90 Å². The van der Waals surface area contributed by atoms with Crippen molar-refractivity contribution in [2.24, 2.45) is 0 Å². The molecule has 1 aliphatic heterocycles. The third-order valence-corrected chi connectivity index (χ3v) is 3.73. The maximum atomic E-state index is 12.5. The lowest BCUT2D eigenvalue weighted by Gasteiger charge is -2.16. The highest BCUT2D eigenvalue weighted by molar-refractivity contribution is 5.76. The van der Waals surface area contributed by atoms with Crippen molar-refractivity contribution in [3.63, 3.8) is 0 Å². The second-order valence-electron chi connectivity index (χ2n) is 5.23. The zero-order valence-electron chi connectivity index (χ0n) is 11.5. The number of aromatic nitrogens is 4. The van der Waals surface area contributed by atoms with Gasteiger partial charge in [0.1, 0.15) is 6.54 Å². The van der Waals surface area contributed by atoms with Crippen molar-refractivity contribution in [1.82, 2.24) is 24.9 Å². The number of amides is 1. The molecule has 3 rings (SSSR count). The van der Waals surface area contributed by atoms with Crippen LogP contribution in [0.5, 0.6) is 0 Å². The molecule has 1 fully saturated rings. The normalized spacial score (nSPS) is 18.9. The van der Waals surface area contributed by atoms with Crippen LogP contribution in [0.3, 0.4) is 0 Å². The summed E-state index contributed by atoms with van der Waals surface area (Å²) in [5, 5.41) is 10.1. The quantitative estimate of drug-likeness (QED) is 0.937. The van der Waals surface area contributed by atoms with E-state index in [2.05, 4.69) is 15.3 Å². The van der Waals surface area contributed by atoms with Crippen molar-refractivity contribution < 1.29 is 18.0 Å². The SMILES string of the molecule is O=C(Cn1ccc(C(F)(F)F)n1)N1CCC(c2ccn[nH]2)C1. The predicted octanol–water partition coefficient (Wildman–Crippen LogP) is 1.64. The van der Waals surface area contributed by atoms with Crippen molar-refractivity contribution in [2.45, 2.75) is 25.1 Å². The van der Waals surface area contributed by atoms with Gasteiger partial charge in [-0.15, -0.1) is 0 Å². The number of rotatable bonds is 3. The summed E-state index contributed by atoms with van der Waals surface area (Å²) in [5.41, 5.74) is -0.0224. The Balaban J connectivity index is 1.60. The lowest BCUT2D eigenvalue weighted by molar-refractivity contribution is -0.142. The van der Waals surface area contributed by atoms with Crippen LogP contribution in [0.1, 0.15) is 23.7 Å². The maximum absolute atomic E-state index is 12.5. The van der Waals surface area contributed by atoms with Crippen molar-refractivity contribution >= 4 is 5.91 Å². The van der Waals surface area contributed by atoms with Crippen LogP contribution in [-0.4, -0.2) is 43.9 Å². The van der Waals surface area contributed by atoms with Crippen LogP contribution >= 0.6 is 0 Å². The number of hydrogen-bond donors (Lipinski definition) is 1. The molecule has 1 amide bonds. The number of aromatic amines is 1. The average Bonchev–Trinajstić information content (AvgIpc) is 3.18. The van der Waals surface area contributed by atoms with Gasteiger partial charge in [-0.3, -0.25) is 14.6 Å². The molecule has 2 aromatic heterocycles. The molecule has 1 aliphatic rings. The minimum Gasteiger partial charge on any atom is -0.340 e. The molecule has 1 unspecified atom stereocenters. The van der Waals surface area contributed by atoms with Crippen molar-refractivity contribution in [2.75, 3.05) is 13.1 Å². The van der Waals surface area contributed by atoms with Crippen LogP contribution < -0.4 is 0 Å². The van der Waals surface area contributed by atoms with Crippen LogP contribution in [0.15, 0.2) is 24.5 Å². The molecule has 0 aliphatic carbocycles. The van der Waals surface area contributed by atoms with Crippen LogP contribution in [-0.2, 0) is 17.5 Å². The smallest absolute Gasteiger partial charge is 0.340 e. The van der Waals surface area contributed by atoms with E-state index >= 15 is 0 Å². The number of carbonyl (C=O) groups is 1. The summed E-state index contributed by atoms with van der Waals surface area (Å²) >= 11 is 0. The molecular formula is C13H14F3N5O. The summed E-state index contributed by atoms with van der Waals surface area (Å²) in [6.45, 7) is 0.927. The first-order valence-corrected chi connectivity index (χ1v) is 6.81. The molecule has 1 saturated heterocycles. The second-order valence-corrected chi connectivity index (χ2v) is 5.23. The van der Waals surface area contributed by atoms with Gasteiger partial charge in [0.15, 0.2) is 5.69 Å². The molecule has 118 valence electrons. The molecule has 1 N–H and O–H groups in total. The van der Waals surface area contributed by atoms with E-state index in [4.69, 9.17) is 0 Å². The minimum atomic E-state index is -4.49. The fourth-order valence-electron chi connectivity index (χ4n) is 2.57.